The van der Waals surface area contributed by atoms with Gasteiger partial charge < -0.3 is 9.73 Å². The fourth-order valence-corrected chi connectivity index (χ4v) is 1.52. The van der Waals surface area contributed by atoms with Crippen LogP contribution in [0, 0.1) is 5.82 Å². The molecule has 0 saturated heterocycles. The average Bonchev–Trinajstić information content (AvgIpc) is 2.81. The number of rotatable bonds is 2. The Labute approximate surface area is 91.9 Å². The van der Waals surface area contributed by atoms with E-state index in [-0.39, 0.29) is 17.0 Å². The van der Waals surface area contributed by atoms with E-state index in [0.717, 1.165) is 0 Å². The maximum absolute atomic E-state index is 13.7. The zero-order valence-electron chi connectivity index (χ0n) is 8.66. The van der Waals surface area contributed by atoms with Gasteiger partial charge >= 0.3 is 0 Å². The Kier molecular flexibility index (Phi) is 2.72. The number of nitrogens with one attached hydrogen (secondary N) is 1. The summed E-state index contributed by atoms with van der Waals surface area (Å²) >= 11 is 0. The van der Waals surface area contributed by atoms with Gasteiger partial charge in [-0.25, -0.2) is 4.39 Å². The smallest absolute Gasteiger partial charge is 0.251 e. The van der Waals surface area contributed by atoms with Gasteiger partial charge in [-0.1, -0.05) is 6.07 Å². The molecule has 1 N–H and O–H groups in total. The molecule has 1 aromatic carbocycles. The standard InChI is InChI=1S/C12H10FNO2/c1-14-12(15)8-4-2-5-9(13)11(8)10-6-3-7-16-10/h2-7H,1H3,(H,14,15). The van der Waals surface area contributed by atoms with Gasteiger partial charge in [-0.15, -0.1) is 0 Å². The summed E-state index contributed by atoms with van der Waals surface area (Å²) in [5.74, 6) is -0.473. The first kappa shape index (κ1) is 10.4. The van der Waals surface area contributed by atoms with Crippen molar-refractivity contribution in [3.8, 4) is 11.3 Å². The lowest BCUT2D eigenvalue weighted by atomic mass is 10.0. The Morgan fingerprint density at radius 1 is 1.31 bits per heavy atom. The summed E-state index contributed by atoms with van der Waals surface area (Å²) in [5, 5.41) is 2.46. The summed E-state index contributed by atoms with van der Waals surface area (Å²) in [6, 6.07) is 7.61. The van der Waals surface area contributed by atoms with E-state index in [2.05, 4.69) is 5.32 Å². The molecule has 2 aromatic rings. The van der Waals surface area contributed by atoms with E-state index in [1.54, 1.807) is 18.2 Å². The molecule has 0 spiro atoms. The summed E-state index contributed by atoms with van der Waals surface area (Å²) < 4.78 is 18.8. The third-order valence-electron chi connectivity index (χ3n) is 2.25. The quantitative estimate of drug-likeness (QED) is 0.842. The van der Waals surface area contributed by atoms with E-state index in [1.165, 1.54) is 25.4 Å². The zero-order valence-corrected chi connectivity index (χ0v) is 8.66. The molecule has 0 radical (unpaired) electrons. The fourth-order valence-electron chi connectivity index (χ4n) is 1.52. The molecule has 1 aromatic heterocycles. The van der Waals surface area contributed by atoms with Crippen molar-refractivity contribution < 1.29 is 13.6 Å². The lowest BCUT2D eigenvalue weighted by Crippen LogP contribution is -2.19. The SMILES string of the molecule is CNC(=O)c1cccc(F)c1-c1ccco1. The summed E-state index contributed by atoms with van der Waals surface area (Å²) in [6.45, 7) is 0. The molecule has 0 fully saturated rings. The molecule has 0 aliphatic carbocycles. The van der Waals surface area contributed by atoms with Crippen LogP contribution in [0.4, 0.5) is 4.39 Å². The number of hydrogen-bond acceptors (Lipinski definition) is 2. The minimum Gasteiger partial charge on any atom is -0.464 e. The van der Waals surface area contributed by atoms with Crippen molar-refractivity contribution >= 4 is 5.91 Å². The number of furan rings is 1. The van der Waals surface area contributed by atoms with Gasteiger partial charge in [0, 0.05) is 7.05 Å². The average molecular weight is 219 g/mol. The summed E-state index contributed by atoms with van der Waals surface area (Å²) in [6.07, 6.45) is 1.44. The third kappa shape index (κ3) is 1.69. The number of carbonyl (C=O) groups excluding carboxylic acids is 1. The maximum Gasteiger partial charge on any atom is 0.251 e. The number of halogens is 1. The fraction of sp³-hybridized carbons (Fsp3) is 0.0833. The molecule has 0 bridgehead atoms. The Morgan fingerprint density at radius 3 is 2.75 bits per heavy atom. The van der Waals surface area contributed by atoms with Gasteiger partial charge in [0.2, 0.25) is 0 Å². The van der Waals surface area contributed by atoms with Crippen molar-refractivity contribution in [3.63, 3.8) is 0 Å². The van der Waals surface area contributed by atoms with Crippen LogP contribution < -0.4 is 5.32 Å². The molecule has 0 saturated carbocycles. The van der Waals surface area contributed by atoms with Crippen LogP contribution in [-0.2, 0) is 0 Å². The van der Waals surface area contributed by atoms with E-state index in [9.17, 15) is 9.18 Å². The van der Waals surface area contributed by atoms with E-state index in [0.29, 0.717) is 5.76 Å². The van der Waals surface area contributed by atoms with E-state index < -0.39 is 5.82 Å². The Balaban J connectivity index is 2.62. The molecule has 0 atom stereocenters. The summed E-state index contributed by atoms with van der Waals surface area (Å²) in [7, 11) is 1.50. The molecule has 3 nitrogen and oxygen atoms in total. The first-order valence-electron chi connectivity index (χ1n) is 4.78. The Hall–Kier alpha value is -2.10. The highest BCUT2D eigenvalue weighted by atomic mass is 19.1. The molecule has 1 heterocycles. The van der Waals surface area contributed by atoms with Crippen LogP contribution in [0.25, 0.3) is 11.3 Å². The van der Waals surface area contributed by atoms with Crippen LogP contribution in [0.2, 0.25) is 0 Å². The second kappa shape index (κ2) is 4.18. The number of amides is 1. The highest BCUT2D eigenvalue weighted by Crippen LogP contribution is 2.27. The molecule has 82 valence electrons. The van der Waals surface area contributed by atoms with Crippen molar-refractivity contribution in [1.82, 2.24) is 5.32 Å². The summed E-state index contributed by atoms with van der Waals surface area (Å²) in [4.78, 5) is 11.6. The Morgan fingerprint density at radius 2 is 2.12 bits per heavy atom. The van der Waals surface area contributed by atoms with Crippen LogP contribution in [0.5, 0.6) is 0 Å². The van der Waals surface area contributed by atoms with Crippen LogP contribution in [0.15, 0.2) is 41.0 Å². The van der Waals surface area contributed by atoms with Gasteiger partial charge in [-0.05, 0) is 24.3 Å². The second-order valence-corrected chi connectivity index (χ2v) is 3.22. The zero-order chi connectivity index (χ0) is 11.5. The van der Waals surface area contributed by atoms with Crippen LogP contribution in [0.1, 0.15) is 10.4 Å². The minimum atomic E-state index is -0.476. The van der Waals surface area contributed by atoms with Gasteiger partial charge in [0.05, 0.1) is 17.4 Å². The van der Waals surface area contributed by atoms with Gasteiger partial charge in [-0.2, -0.15) is 0 Å². The molecule has 4 heteroatoms. The van der Waals surface area contributed by atoms with Crippen molar-refractivity contribution in [3.05, 3.63) is 48.0 Å². The number of carbonyl (C=O) groups is 1. The minimum absolute atomic E-state index is 0.187. The first-order chi connectivity index (χ1) is 7.74. The van der Waals surface area contributed by atoms with Crippen molar-refractivity contribution in [2.24, 2.45) is 0 Å². The predicted octanol–water partition coefficient (Wildman–Crippen LogP) is 2.45. The molecule has 0 unspecified atom stereocenters. The lowest BCUT2D eigenvalue weighted by molar-refractivity contribution is 0.0963. The molecular weight excluding hydrogens is 209 g/mol. The molecule has 2 rings (SSSR count). The molecule has 0 aliphatic heterocycles. The van der Waals surface area contributed by atoms with E-state index in [1.807, 2.05) is 0 Å². The first-order valence-corrected chi connectivity index (χ1v) is 4.78. The van der Waals surface area contributed by atoms with E-state index in [4.69, 9.17) is 4.42 Å². The third-order valence-corrected chi connectivity index (χ3v) is 2.25. The predicted molar refractivity (Wildman–Crippen MR) is 57.5 cm³/mol. The highest BCUT2D eigenvalue weighted by Gasteiger charge is 2.17. The van der Waals surface area contributed by atoms with Crippen LogP contribution >= 0.6 is 0 Å². The van der Waals surface area contributed by atoms with Gasteiger partial charge in [0.25, 0.3) is 5.91 Å². The van der Waals surface area contributed by atoms with Gasteiger partial charge in [-0.3, -0.25) is 4.79 Å². The molecule has 16 heavy (non-hydrogen) atoms. The monoisotopic (exact) mass is 219 g/mol. The normalized spacial score (nSPS) is 10.1. The van der Waals surface area contributed by atoms with Crippen molar-refractivity contribution in [1.29, 1.82) is 0 Å². The van der Waals surface area contributed by atoms with Crippen molar-refractivity contribution in [2.45, 2.75) is 0 Å². The highest BCUT2D eigenvalue weighted by molar-refractivity contribution is 6.00. The van der Waals surface area contributed by atoms with E-state index >= 15 is 0 Å². The van der Waals surface area contributed by atoms with Gasteiger partial charge in [0.15, 0.2) is 0 Å². The van der Waals surface area contributed by atoms with Crippen LogP contribution in [0.3, 0.4) is 0 Å². The second-order valence-electron chi connectivity index (χ2n) is 3.22. The number of benzene rings is 1. The topological polar surface area (TPSA) is 42.2 Å². The summed E-state index contributed by atoms with van der Waals surface area (Å²) in [5.41, 5.74) is 0.448. The maximum atomic E-state index is 13.7. The molecule has 1 amide bonds. The largest absolute Gasteiger partial charge is 0.464 e. The molecular formula is C12H10FNO2. The van der Waals surface area contributed by atoms with Crippen LogP contribution in [-0.4, -0.2) is 13.0 Å². The Bertz CT molecular complexity index is 506. The van der Waals surface area contributed by atoms with Crippen molar-refractivity contribution in [2.75, 3.05) is 7.05 Å². The number of hydrogen-bond donors (Lipinski definition) is 1. The molecule has 0 aliphatic rings. The lowest BCUT2D eigenvalue weighted by Gasteiger charge is -2.06. The van der Waals surface area contributed by atoms with Gasteiger partial charge in [0.1, 0.15) is 11.6 Å².